The van der Waals surface area contributed by atoms with E-state index in [4.69, 9.17) is 4.74 Å². The maximum atomic E-state index is 5.24. The summed E-state index contributed by atoms with van der Waals surface area (Å²) in [5.74, 6) is 0.657. The molecule has 0 aromatic heterocycles. The Morgan fingerprint density at radius 3 is 2.67 bits per heavy atom. The van der Waals surface area contributed by atoms with Crippen molar-refractivity contribution in [3.63, 3.8) is 0 Å². The highest BCUT2D eigenvalue weighted by Crippen LogP contribution is 2.02. The van der Waals surface area contributed by atoms with Gasteiger partial charge in [-0.2, -0.15) is 0 Å². The highest BCUT2D eigenvalue weighted by atomic mass is 16.5. The van der Waals surface area contributed by atoms with Crippen LogP contribution in [-0.4, -0.2) is 6.10 Å². The topological polar surface area (TPSA) is 9.23 Å². The summed E-state index contributed by atoms with van der Waals surface area (Å²) in [7, 11) is 0. The molecule has 1 atom stereocenters. The van der Waals surface area contributed by atoms with Crippen LogP contribution in [0.25, 0.3) is 0 Å². The molecule has 0 aliphatic carbocycles. The summed E-state index contributed by atoms with van der Waals surface area (Å²) in [6.07, 6.45) is 2.88. The summed E-state index contributed by atoms with van der Waals surface area (Å²) in [5.41, 5.74) is 0. The summed E-state index contributed by atoms with van der Waals surface area (Å²) in [5, 5.41) is 0. The molecule has 0 aromatic rings. The summed E-state index contributed by atoms with van der Waals surface area (Å²) >= 11 is 0. The van der Waals surface area contributed by atoms with Crippen molar-refractivity contribution in [1.29, 1.82) is 0 Å². The van der Waals surface area contributed by atoms with E-state index in [1.165, 1.54) is 0 Å². The van der Waals surface area contributed by atoms with Crippen LogP contribution >= 0.6 is 0 Å². The van der Waals surface area contributed by atoms with Crippen LogP contribution in [-0.2, 0) is 4.74 Å². The number of hydrogen-bond acceptors (Lipinski definition) is 1. The SMILES string of the molecule is C=CC(=C)OC(C)CC. The van der Waals surface area contributed by atoms with Gasteiger partial charge >= 0.3 is 0 Å². The number of hydrogen-bond donors (Lipinski definition) is 0. The molecule has 0 rings (SSSR count). The van der Waals surface area contributed by atoms with Crippen LogP contribution < -0.4 is 0 Å². The van der Waals surface area contributed by atoms with E-state index in [2.05, 4.69) is 20.1 Å². The second kappa shape index (κ2) is 4.19. The van der Waals surface area contributed by atoms with Crippen LogP contribution in [0.15, 0.2) is 25.0 Å². The zero-order valence-electron chi connectivity index (χ0n) is 6.18. The van der Waals surface area contributed by atoms with E-state index in [-0.39, 0.29) is 6.10 Å². The van der Waals surface area contributed by atoms with Crippen molar-refractivity contribution in [3.05, 3.63) is 25.0 Å². The molecule has 9 heavy (non-hydrogen) atoms. The molecule has 1 nitrogen and oxygen atoms in total. The van der Waals surface area contributed by atoms with E-state index < -0.39 is 0 Å². The smallest absolute Gasteiger partial charge is 0.111 e. The molecule has 0 aliphatic heterocycles. The number of ether oxygens (including phenoxy) is 1. The molecule has 0 heterocycles. The van der Waals surface area contributed by atoms with Gasteiger partial charge in [0.25, 0.3) is 0 Å². The Morgan fingerprint density at radius 2 is 2.33 bits per heavy atom. The molecule has 52 valence electrons. The third-order valence-electron chi connectivity index (χ3n) is 1.16. The van der Waals surface area contributed by atoms with Crippen LogP contribution in [0.1, 0.15) is 20.3 Å². The summed E-state index contributed by atoms with van der Waals surface area (Å²) in [4.78, 5) is 0. The largest absolute Gasteiger partial charge is 0.491 e. The van der Waals surface area contributed by atoms with Gasteiger partial charge in [-0.05, 0) is 19.4 Å². The van der Waals surface area contributed by atoms with E-state index in [1.54, 1.807) is 6.08 Å². The second-order valence-electron chi connectivity index (χ2n) is 2.01. The third kappa shape index (κ3) is 3.83. The van der Waals surface area contributed by atoms with E-state index in [0.29, 0.717) is 5.76 Å². The minimum Gasteiger partial charge on any atom is -0.491 e. The quantitative estimate of drug-likeness (QED) is 0.415. The van der Waals surface area contributed by atoms with Crippen LogP contribution in [0.5, 0.6) is 0 Å². The van der Waals surface area contributed by atoms with Gasteiger partial charge in [-0.3, -0.25) is 0 Å². The Balaban J connectivity index is 3.46. The van der Waals surface area contributed by atoms with Gasteiger partial charge in [-0.1, -0.05) is 20.1 Å². The van der Waals surface area contributed by atoms with Crippen LogP contribution in [0.4, 0.5) is 0 Å². The van der Waals surface area contributed by atoms with Crippen molar-refractivity contribution in [3.8, 4) is 0 Å². The number of rotatable bonds is 4. The van der Waals surface area contributed by atoms with Crippen molar-refractivity contribution < 1.29 is 4.74 Å². The molecule has 0 N–H and O–H groups in total. The molecule has 0 bridgehead atoms. The lowest BCUT2D eigenvalue weighted by molar-refractivity contribution is 0.139. The Morgan fingerprint density at radius 1 is 1.78 bits per heavy atom. The minimum atomic E-state index is 0.260. The highest BCUT2D eigenvalue weighted by Gasteiger charge is 1.96. The Kier molecular flexibility index (Phi) is 3.85. The Labute approximate surface area is 57.0 Å². The lowest BCUT2D eigenvalue weighted by Gasteiger charge is -2.10. The van der Waals surface area contributed by atoms with Crippen molar-refractivity contribution in [2.75, 3.05) is 0 Å². The third-order valence-corrected chi connectivity index (χ3v) is 1.16. The first-order chi connectivity index (χ1) is 4.20. The van der Waals surface area contributed by atoms with Crippen LogP contribution in [0, 0.1) is 0 Å². The standard InChI is InChI=1S/C8H14O/c1-5-7(3)9-8(4)6-2/h5,8H,1,3,6H2,2,4H3. The fourth-order valence-corrected chi connectivity index (χ4v) is 0.390. The molecule has 0 amide bonds. The molecule has 0 saturated heterocycles. The molecule has 0 fully saturated rings. The van der Waals surface area contributed by atoms with Crippen LogP contribution in [0.3, 0.4) is 0 Å². The van der Waals surface area contributed by atoms with Gasteiger partial charge in [0.2, 0.25) is 0 Å². The molecular formula is C8H14O. The molecule has 0 aliphatic rings. The lowest BCUT2D eigenvalue weighted by atomic mass is 10.3. The highest BCUT2D eigenvalue weighted by molar-refractivity contribution is 5.02. The van der Waals surface area contributed by atoms with E-state index in [9.17, 15) is 0 Å². The maximum Gasteiger partial charge on any atom is 0.111 e. The second-order valence-corrected chi connectivity index (χ2v) is 2.01. The minimum absolute atomic E-state index is 0.260. The molecule has 1 unspecified atom stereocenters. The maximum absolute atomic E-state index is 5.24. The van der Waals surface area contributed by atoms with Crippen molar-refractivity contribution in [2.24, 2.45) is 0 Å². The molecule has 0 spiro atoms. The van der Waals surface area contributed by atoms with Gasteiger partial charge < -0.3 is 4.74 Å². The lowest BCUT2D eigenvalue weighted by Crippen LogP contribution is -2.03. The van der Waals surface area contributed by atoms with E-state index >= 15 is 0 Å². The molecular weight excluding hydrogens is 112 g/mol. The first kappa shape index (κ1) is 8.28. The molecule has 0 radical (unpaired) electrons. The summed E-state index contributed by atoms with van der Waals surface area (Å²) in [6.45, 7) is 11.2. The average Bonchev–Trinajstić information content (AvgIpc) is 1.87. The summed E-state index contributed by atoms with van der Waals surface area (Å²) in [6, 6.07) is 0. The van der Waals surface area contributed by atoms with E-state index in [0.717, 1.165) is 6.42 Å². The van der Waals surface area contributed by atoms with Gasteiger partial charge in [0.1, 0.15) is 5.76 Å². The number of allylic oxidation sites excluding steroid dienone is 1. The molecule has 0 saturated carbocycles. The molecule has 1 heteroatoms. The molecule has 0 aromatic carbocycles. The van der Waals surface area contributed by atoms with Gasteiger partial charge in [-0.15, -0.1) is 0 Å². The fourth-order valence-electron chi connectivity index (χ4n) is 0.390. The predicted octanol–water partition coefficient (Wildman–Crippen LogP) is 2.50. The zero-order valence-corrected chi connectivity index (χ0v) is 6.18. The van der Waals surface area contributed by atoms with Crippen molar-refractivity contribution in [2.45, 2.75) is 26.4 Å². The predicted molar refractivity (Wildman–Crippen MR) is 40.2 cm³/mol. The zero-order chi connectivity index (χ0) is 7.28. The normalized spacial score (nSPS) is 12.2. The average molecular weight is 126 g/mol. The first-order valence-corrected chi connectivity index (χ1v) is 3.18. The summed E-state index contributed by atoms with van der Waals surface area (Å²) < 4.78 is 5.24. The van der Waals surface area contributed by atoms with Crippen molar-refractivity contribution >= 4 is 0 Å². The van der Waals surface area contributed by atoms with Gasteiger partial charge in [0.05, 0.1) is 6.10 Å². The van der Waals surface area contributed by atoms with Gasteiger partial charge in [0.15, 0.2) is 0 Å². The Hall–Kier alpha value is -0.720. The van der Waals surface area contributed by atoms with Gasteiger partial charge in [-0.25, -0.2) is 0 Å². The monoisotopic (exact) mass is 126 g/mol. The van der Waals surface area contributed by atoms with E-state index in [1.807, 2.05) is 6.92 Å². The fraction of sp³-hybridized carbons (Fsp3) is 0.500. The Bertz CT molecular complexity index is 105. The first-order valence-electron chi connectivity index (χ1n) is 3.18. The van der Waals surface area contributed by atoms with Crippen LogP contribution in [0.2, 0.25) is 0 Å². The van der Waals surface area contributed by atoms with Crippen molar-refractivity contribution in [1.82, 2.24) is 0 Å². The van der Waals surface area contributed by atoms with Gasteiger partial charge in [0, 0.05) is 0 Å².